The van der Waals surface area contributed by atoms with E-state index in [9.17, 15) is 4.79 Å². The molecule has 2 atom stereocenters. The van der Waals surface area contributed by atoms with E-state index in [1.54, 1.807) is 0 Å². The molecule has 0 aromatic carbocycles. The molecule has 1 heterocycles. The van der Waals surface area contributed by atoms with E-state index in [0.717, 1.165) is 18.9 Å². The molecule has 0 saturated carbocycles. The molecule has 16 heavy (non-hydrogen) atoms. The van der Waals surface area contributed by atoms with Crippen LogP contribution in [0.2, 0.25) is 0 Å². The van der Waals surface area contributed by atoms with Crippen LogP contribution in [0, 0.1) is 5.92 Å². The molecule has 1 rings (SSSR count). The minimum atomic E-state index is 0.114. The molecule has 1 aliphatic heterocycles. The summed E-state index contributed by atoms with van der Waals surface area (Å²) in [6, 6.07) is 0.592. The van der Waals surface area contributed by atoms with Gasteiger partial charge in [-0.2, -0.15) is 0 Å². The number of carbonyl (C=O) groups is 1. The van der Waals surface area contributed by atoms with Crippen molar-refractivity contribution in [2.45, 2.75) is 45.7 Å². The molecule has 4 nitrogen and oxygen atoms in total. The Morgan fingerprint density at radius 3 is 2.81 bits per heavy atom. The molecular formula is C12H25N3O. The van der Waals surface area contributed by atoms with Crippen molar-refractivity contribution in [3.8, 4) is 0 Å². The fourth-order valence-corrected chi connectivity index (χ4v) is 2.31. The highest BCUT2D eigenvalue weighted by Gasteiger charge is 2.26. The van der Waals surface area contributed by atoms with Crippen LogP contribution in [0.5, 0.6) is 0 Å². The van der Waals surface area contributed by atoms with E-state index >= 15 is 0 Å². The van der Waals surface area contributed by atoms with Gasteiger partial charge in [0.15, 0.2) is 0 Å². The van der Waals surface area contributed by atoms with E-state index in [1.165, 1.54) is 6.42 Å². The molecule has 0 aromatic heterocycles. The lowest BCUT2D eigenvalue weighted by molar-refractivity contribution is -0.123. The van der Waals surface area contributed by atoms with Crippen LogP contribution >= 0.6 is 0 Å². The Bertz CT molecular complexity index is 230. The lowest BCUT2D eigenvalue weighted by atomic mass is 9.92. The molecule has 94 valence electrons. The van der Waals surface area contributed by atoms with E-state index < -0.39 is 0 Å². The van der Waals surface area contributed by atoms with Crippen molar-refractivity contribution in [3.63, 3.8) is 0 Å². The molecule has 0 aliphatic carbocycles. The topological polar surface area (TPSA) is 58.4 Å². The maximum atomic E-state index is 11.7. The lowest BCUT2D eigenvalue weighted by Gasteiger charge is -2.37. The largest absolute Gasteiger partial charge is 0.353 e. The Balaban J connectivity index is 2.42. The smallest absolute Gasteiger partial charge is 0.234 e. The Morgan fingerprint density at radius 1 is 1.56 bits per heavy atom. The molecule has 1 amide bonds. The van der Waals surface area contributed by atoms with Crippen LogP contribution in [0.3, 0.4) is 0 Å². The standard InChI is InChI=1S/C12H25N3O/c1-9(2)14-12(16)8-15-5-4-10(3)6-11(15)7-13/h9-11H,4-8,13H2,1-3H3,(H,14,16). The van der Waals surface area contributed by atoms with Gasteiger partial charge in [-0.25, -0.2) is 0 Å². The normalized spacial score (nSPS) is 27.1. The van der Waals surface area contributed by atoms with Gasteiger partial charge < -0.3 is 11.1 Å². The van der Waals surface area contributed by atoms with Gasteiger partial charge in [-0.1, -0.05) is 6.92 Å². The highest BCUT2D eigenvalue weighted by atomic mass is 16.2. The van der Waals surface area contributed by atoms with Gasteiger partial charge in [0.05, 0.1) is 6.54 Å². The highest BCUT2D eigenvalue weighted by molar-refractivity contribution is 5.78. The van der Waals surface area contributed by atoms with E-state index in [-0.39, 0.29) is 11.9 Å². The van der Waals surface area contributed by atoms with Crippen molar-refractivity contribution in [1.29, 1.82) is 0 Å². The van der Waals surface area contributed by atoms with Gasteiger partial charge in [0.2, 0.25) is 5.91 Å². The Labute approximate surface area is 98.6 Å². The SMILES string of the molecule is CC1CCN(CC(=O)NC(C)C)C(CN)C1. The first-order valence-corrected chi connectivity index (χ1v) is 6.26. The molecule has 3 N–H and O–H groups in total. The average molecular weight is 227 g/mol. The van der Waals surface area contributed by atoms with Crippen molar-refractivity contribution in [1.82, 2.24) is 10.2 Å². The van der Waals surface area contributed by atoms with Crippen molar-refractivity contribution >= 4 is 5.91 Å². The van der Waals surface area contributed by atoms with Gasteiger partial charge in [0, 0.05) is 18.6 Å². The summed E-state index contributed by atoms with van der Waals surface area (Å²) in [5.74, 6) is 0.848. The van der Waals surface area contributed by atoms with E-state index in [2.05, 4.69) is 17.1 Å². The third-order valence-electron chi connectivity index (χ3n) is 3.17. The lowest BCUT2D eigenvalue weighted by Crippen LogP contribution is -2.50. The quantitative estimate of drug-likeness (QED) is 0.738. The number of likely N-dealkylation sites (tertiary alicyclic amines) is 1. The van der Waals surface area contributed by atoms with Crippen LogP contribution in [0.4, 0.5) is 0 Å². The number of nitrogens with two attached hydrogens (primary N) is 1. The van der Waals surface area contributed by atoms with Crippen molar-refractivity contribution < 1.29 is 4.79 Å². The Morgan fingerprint density at radius 2 is 2.25 bits per heavy atom. The molecule has 0 spiro atoms. The molecular weight excluding hydrogens is 202 g/mol. The van der Waals surface area contributed by atoms with Gasteiger partial charge in [-0.3, -0.25) is 9.69 Å². The van der Waals surface area contributed by atoms with Crippen LogP contribution in [-0.4, -0.2) is 42.5 Å². The highest BCUT2D eigenvalue weighted by Crippen LogP contribution is 2.21. The number of nitrogens with one attached hydrogen (secondary N) is 1. The van der Waals surface area contributed by atoms with Gasteiger partial charge in [0.25, 0.3) is 0 Å². The third kappa shape index (κ3) is 4.10. The number of hydrogen-bond donors (Lipinski definition) is 2. The second kappa shape index (κ2) is 6.21. The summed E-state index contributed by atoms with van der Waals surface area (Å²) in [4.78, 5) is 13.9. The summed E-state index contributed by atoms with van der Waals surface area (Å²) in [5.41, 5.74) is 5.76. The number of rotatable bonds is 4. The zero-order chi connectivity index (χ0) is 12.1. The fourth-order valence-electron chi connectivity index (χ4n) is 2.31. The van der Waals surface area contributed by atoms with Crippen molar-refractivity contribution in [2.75, 3.05) is 19.6 Å². The monoisotopic (exact) mass is 227 g/mol. The molecule has 1 fully saturated rings. The Hall–Kier alpha value is -0.610. The number of hydrogen-bond acceptors (Lipinski definition) is 3. The maximum Gasteiger partial charge on any atom is 0.234 e. The average Bonchev–Trinajstić information content (AvgIpc) is 2.19. The number of carbonyl (C=O) groups excluding carboxylic acids is 1. The molecule has 0 bridgehead atoms. The first kappa shape index (κ1) is 13.5. The van der Waals surface area contributed by atoms with Crippen molar-refractivity contribution in [2.24, 2.45) is 11.7 Å². The number of nitrogens with zero attached hydrogens (tertiary/aromatic N) is 1. The van der Waals surface area contributed by atoms with E-state index in [1.807, 2.05) is 13.8 Å². The van der Waals surface area contributed by atoms with Crippen LogP contribution in [0.25, 0.3) is 0 Å². The molecule has 0 radical (unpaired) electrons. The molecule has 1 saturated heterocycles. The van der Waals surface area contributed by atoms with Crippen LogP contribution in [0.15, 0.2) is 0 Å². The van der Waals surface area contributed by atoms with Gasteiger partial charge in [0.1, 0.15) is 0 Å². The predicted molar refractivity (Wildman–Crippen MR) is 66.1 cm³/mol. The number of piperidine rings is 1. The van der Waals surface area contributed by atoms with Crippen LogP contribution < -0.4 is 11.1 Å². The third-order valence-corrected chi connectivity index (χ3v) is 3.17. The first-order valence-electron chi connectivity index (χ1n) is 6.26. The summed E-state index contributed by atoms with van der Waals surface area (Å²) >= 11 is 0. The van der Waals surface area contributed by atoms with Gasteiger partial charge in [-0.05, 0) is 39.2 Å². The maximum absolute atomic E-state index is 11.7. The first-order chi connectivity index (χ1) is 7.52. The minimum Gasteiger partial charge on any atom is -0.353 e. The van der Waals surface area contributed by atoms with E-state index in [4.69, 9.17) is 5.73 Å². The fraction of sp³-hybridized carbons (Fsp3) is 0.917. The summed E-state index contributed by atoms with van der Waals surface area (Å²) in [7, 11) is 0. The van der Waals surface area contributed by atoms with Crippen LogP contribution in [0.1, 0.15) is 33.6 Å². The zero-order valence-electron chi connectivity index (χ0n) is 10.7. The van der Waals surface area contributed by atoms with Crippen LogP contribution in [-0.2, 0) is 4.79 Å². The Kier molecular flexibility index (Phi) is 5.22. The summed E-state index contributed by atoms with van der Waals surface area (Å²) in [6.07, 6.45) is 2.29. The molecule has 0 aromatic rings. The van der Waals surface area contributed by atoms with Gasteiger partial charge in [-0.15, -0.1) is 0 Å². The van der Waals surface area contributed by atoms with E-state index in [0.29, 0.717) is 19.1 Å². The van der Waals surface area contributed by atoms with Crippen molar-refractivity contribution in [3.05, 3.63) is 0 Å². The van der Waals surface area contributed by atoms with Gasteiger partial charge >= 0.3 is 0 Å². The zero-order valence-corrected chi connectivity index (χ0v) is 10.7. The summed E-state index contributed by atoms with van der Waals surface area (Å²) < 4.78 is 0. The number of amides is 1. The predicted octanol–water partition coefficient (Wildman–Crippen LogP) is 0.570. The second-order valence-electron chi connectivity index (χ2n) is 5.21. The molecule has 2 unspecified atom stereocenters. The minimum absolute atomic E-state index is 0.114. The second-order valence-corrected chi connectivity index (χ2v) is 5.21. The molecule has 1 aliphatic rings. The summed E-state index contributed by atoms with van der Waals surface area (Å²) in [6.45, 7) is 8.36. The summed E-state index contributed by atoms with van der Waals surface area (Å²) in [5, 5.41) is 2.92. The molecule has 4 heteroatoms.